The molecule has 7 nitrogen and oxygen atoms in total. The van der Waals surface area contributed by atoms with Gasteiger partial charge < -0.3 is 10.4 Å². The van der Waals surface area contributed by atoms with Crippen LogP contribution in [0.4, 0.5) is 11.5 Å². The number of carboxylic acid groups (broad SMARTS) is 1. The fraction of sp³-hybridized carbons (Fsp3) is 0.455. The van der Waals surface area contributed by atoms with E-state index in [1.165, 1.54) is 0 Å². The Kier molecular flexibility index (Phi) is 6.07. The fourth-order valence-corrected chi connectivity index (χ4v) is 1.93. The van der Waals surface area contributed by atoms with Crippen LogP contribution in [0.5, 0.6) is 0 Å². The van der Waals surface area contributed by atoms with Crippen molar-refractivity contribution in [3.05, 3.63) is 27.9 Å². The van der Waals surface area contributed by atoms with E-state index in [1.54, 1.807) is 11.8 Å². The summed E-state index contributed by atoms with van der Waals surface area (Å²) in [6.45, 7) is 0.589. The molecule has 1 aromatic rings. The lowest BCUT2D eigenvalue weighted by Crippen LogP contribution is -2.10. The lowest BCUT2D eigenvalue weighted by molar-refractivity contribution is -0.385. The number of rotatable bonds is 8. The average Bonchev–Trinajstić information content (AvgIpc) is 2.38. The summed E-state index contributed by atoms with van der Waals surface area (Å²) in [5, 5.41) is 22.5. The molecule has 0 atom stereocenters. The summed E-state index contributed by atoms with van der Waals surface area (Å²) in [6, 6.07) is 1.01. The van der Waals surface area contributed by atoms with E-state index in [9.17, 15) is 14.9 Å². The Labute approximate surface area is 114 Å². The highest BCUT2D eigenvalue weighted by Crippen LogP contribution is 2.19. The Morgan fingerprint density at radius 2 is 2.32 bits per heavy atom. The minimum atomic E-state index is -1.23. The maximum Gasteiger partial charge on any atom is 0.339 e. The topological polar surface area (TPSA) is 105 Å². The van der Waals surface area contributed by atoms with Gasteiger partial charge in [0.2, 0.25) is 0 Å². The summed E-state index contributed by atoms with van der Waals surface area (Å²) < 4.78 is 0. The first-order valence-corrected chi connectivity index (χ1v) is 7.06. The van der Waals surface area contributed by atoms with Gasteiger partial charge in [-0.15, -0.1) is 0 Å². The number of nitro groups is 1. The smallest absolute Gasteiger partial charge is 0.339 e. The molecule has 0 aliphatic heterocycles. The van der Waals surface area contributed by atoms with Crippen LogP contribution in [0, 0.1) is 10.1 Å². The number of nitrogens with zero attached hydrogens (tertiary/aromatic N) is 2. The predicted molar refractivity (Wildman–Crippen MR) is 74.0 cm³/mol. The molecule has 2 N–H and O–H groups in total. The summed E-state index contributed by atoms with van der Waals surface area (Å²) in [4.78, 5) is 24.7. The molecular formula is C11H15N3O4S. The van der Waals surface area contributed by atoms with Crippen LogP contribution in [0.1, 0.15) is 23.2 Å². The minimum absolute atomic E-state index is 0.169. The lowest BCUT2D eigenvalue weighted by atomic mass is 10.2. The summed E-state index contributed by atoms with van der Waals surface area (Å²) >= 11 is 1.75. The van der Waals surface area contributed by atoms with E-state index in [4.69, 9.17) is 5.11 Å². The minimum Gasteiger partial charge on any atom is -0.478 e. The number of pyridine rings is 1. The predicted octanol–water partition coefficient (Wildman–Crippen LogP) is 2.24. The van der Waals surface area contributed by atoms with Crippen LogP contribution in [0.15, 0.2) is 12.3 Å². The Hall–Kier alpha value is -1.83. The van der Waals surface area contributed by atoms with E-state index < -0.39 is 10.9 Å². The van der Waals surface area contributed by atoms with Gasteiger partial charge in [-0.05, 0) is 24.9 Å². The van der Waals surface area contributed by atoms with Crippen molar-refractivity contribution in [2.75, 3.05) is 23.9 Å². The molecule has 0 aromatic carbocycles. The number of hydrogen-bond acceptors (Lipinski definition) is 6. The monoisotopic (exact) mass is 285 g/mol. The molecule has 0 fully saturated rings. The van der Waals surface area contributed by atoms with Crippen LogP contribution in [-0.2, 0) is 0 Å². The highest BCUT2D eigenvalue weighted by Gasteiger charge is 2.17. The molecule has 0 spiro atoms. The van der Waals surface area contributed by atoms with Crippen molar-refractivity contribution in [3.8, 4) is 0 Å². The van der Waals surface area contributed by atoms with Crippen LogP contribution >= 0.6 is 11.8 Å². The van der Waals surface area contributed by atoms with Gasteiger partial charge in [0.05, 0.1) is 4.92 Å². The van der Waals surface area contributed by atoms with E-state index in [0.29, 0.717) is 6.54 Å². The molecule has 0 amide bonds. The van der Waals surface area contributed by atoms with Crippen LogP contribution in [0.2, 0.25) is 0 Å². The summed E-state index contributed by atoms with van der Waals surface area (Å²) in [5.41, 5.74) is -0.510. The quantitative estimate of drug-likeness (QED) is 0.428. The normalized spacial score (nSPS) is 10.2. The first-order chi connectivity index (χ1) is 9.06. The van der Waals surface area contributed by atoms with Crippen LogP contribution < -0.4 is 5.32 Å². The van der Waals surface area contributed by atoms with Gasteiger partial charge in [0.15, 0.2) is 0 Å². The Balaban J connectivity index is 2.71. The van der Waals surface area contributed by atoms with Gasteiger partial charge in [-0.1, -0.05) is 0 Å². The summed E-state index contributed by atoms with van der Waals surface area (Å²) in [6.07, 6.45) is 4.98. The number of thioether (sulfide) groups is 1. The Morgan fingerprint density at radius 1 is 1.58 bits per heavy atom. The van der Waals surface area contributed by atoms with Crippen LogP contribution in [0.25, 0.3) is 0 Å². The second kappa shape index (κ2) is 7.57. The highest BCUT2D eigenvalue weighted by atomic mass is 32.2. The lowest BCUT2D eigenvalue weighted by Gasteiger charge is -2.07. The van der Waals surface area contributed by atoms with Crippen LogP contribution in [0.3, 0.4) is 0 Å². The van der Waals surface area contributed by atoms with Gasteiger partial charge in [-0.3, -0.25) is 10.1 Å². The van der Waals surface area contributed by atoms with Crippen molar-refractivity contribution < 1.29 is 14.8 Å². The molecule has 104 valence electrons. The number of aromatic carboxylic acids is 1. The largest absolute Gasteiger partial charge is 0.478 e. The van der Waals surface area contributed by atoms with E-state index in [1.807, 2.05) is 6.26 Å². The molecule has 0 radical (unpaired) electrons. The fourth-order valence-electron chi connectivity index (χ4n) is 1.44. The highest BCUT2D eigenvalue weighted by molar-refractivity contribution is 7.98. The van der Waals surface area contributed by atoms with Crippen molar-refractivity contribution in [3.63, 3.8) is 0 Å². The average molecular weight is 285 g/mol. The van der Waals surface area contributed by atoms with Crippen molar-refractivity contribution in [1.29, 1.82) is 0 Å². The van der Waals surface area contributed by atoms with Crippen molar-refractivity contribution in [2.24, 2.45) is 0 Å². The number of anilines is 1. The van der Waals surface area contributed by atoms with Gasteiger partial charge in [0, 0.05) is 12.6 Å². The molecule has 0 aliphatic carbocycles. The molecule has 1 aromatic heterocycles. The zero-order chi connectivity index (χ0) is 14.3. The molecule has 8 heteroatoms. The molecule has 0 unspecified atom stereocenters. The molecule has 0 bridgehead atoms. The number of nitrogens with one attached hydrogen (secondary N) is 1. The third kappa shape index (κ3) is 4.74. The Bertz CT molecular complexity index is 467. The third-order valence-electron chi connectivity index (χ3n) is 2.38. The zero-order valence-corrected chi connectivity index (χ0v) is 11.3. The molecular weight excluding hydrogens is 270 g/mol. The van der Waals surface area contributed by atoms with Crippen molar-refractivity contribution in [2.45, 2.75) is 12.8 Å². The Morgan fingerprint density at radius 3 is 2.89 bits per heavy atom. The maximum atomic E-state index is 11.0. The zero-order valence-electron chi connectivity index (χ0n) is 10.5. The molecule has 0 aliphatic rings. The number of unbranched alkanes of at least 4 members (excludes halogenated alkanes) is 1. The summed E-state index contributed by atoms with van der Waals surface area (Å²) in [7, 11) is 0. The van der Waals surface area contributed by atoms with E-state index in [0.717, 1.165) is 30.9 Å². The number of hydrogen-bond donors (Lipinski definition) is 2. The van der Waals surface area contributed by atoms with Gasteiger partial charge in [0.25, 0.3) is 5.69 Å². The second-order valence-electron chi connectivity index (χ2n) is 3.78. The molecule has 0 saturated carbocycles. The van der Waals surface area contributed by atoms with E-state index >= 15 is 0 Å². The van der Waals surface area contributed by atoms with Gasteiger partial charge in [0.1, 0.15) is 17.6 Å². The van der Waals surface area contributed by atoms with E-state index in [-0.39, 0.29) is 17.1 Å². The van der Waals surface area contributed by atoms with Crippen molar-refractivity contribution >= 4 is 29.2 Å². The second-order valence-corrected chi connectivity index (χ2v) is 4.76. The molecule has 0 saturated heterocycles. The molecule has 19 heavy (non-hydrogen) atoms. The van der Waals surface area contributed by atoms with Crippen LogP contribution in [-0.4, -0.2) is 39.5 Å². The maximum absolute atomic E-state index is 11.0. The standard InChI is InChI=1S/C11H15N3O4S/c1-19-5-3-2-4-12-10-9(11(15)16)6-8(7-13-10)14(17)18/h6-7H,2-5H2,1H3,(H,12,13)(H,15,16). The third-order valence-corrected chi connectivity index (χ3v) is 3.08. The first-order valence-electron chi connectivity index (χ1n) is 5.66. The van der Waals surface area contributed by atoms with Gasteiger partial charge in [-0.2, -0.15) is 11.8 Å². The first kappa shape index (κ1) is 15.2. The SMILES string of the molecule is CSCCCCNc1ncc([N+](=O)[O-])cc1C(=O)O. The summed E-state index contributed by atoms with van der Waals surface area (Å²) in [5.74, 6) is -0.0219. The van der Waals surface area contributed by atoms with Gasteiger partial charge in [-0.25, -0.2) is 9.78 Å². The number of carboxylic acids is 1. The van der Waals surface area contributed by atoms with Gasteiger partial charge >= 0.3 is 5.97 Å². The molecule has 1 rings (SSSR count). The molecule has 1 heterocycles. The van der Waals surface area contributed by atoms with E-state index in [2.05, 4.69) is 10.3 Å². The number of aromatic nitrogens is 1. The van der Waals surface area contributed by atoms with Crippen molar-refractivity contribution in [1.82, 2.24) is 4.98 Å². The number of carbonyl (C=O) groups is 1.